The molecule has 0 amide bonds. The van der Waals surface area contributed by atoms with Gasteiger partial charge in [-0.05, 0) is 24.1 Å². The van der Waals surface area contributed by atoms with Crippen molar-refractivity contribution >= 4 is 5.52 Å². The number of fused-ring (bicyclic) bond motifs is 1. The van der Waals surface area contributed by atoms with Crippen LogP contribution in [-0.2, 0) is 6.42 Å². The predicted octanol–water partition coefficient (Wildman–Crippen LogP) is 2.43. The van der Waals surface area contributed by atoms with Crippen LogP contribution in [0.2, 0.25) is 0 Å². The highest BCUT2D eigenvalue weighted by Gasteiger charge is 2.02. The van der Waals surface area contributed by atoms with E-state index in [9.17, 15) is 4.39 Å². The van der Waals surface area contributed by atoms with Gasteiger partial charge in [0.15, 0.2) is 0 Å². The summed E-state index contributed by atoms with van der Waals surface area (Å²) in [6, 6.07) is 3.24. The smallest absolute Gasteiger partial charge is 0.141 e. The van der Waals surface area contributed by atoms with E-state index >= 15 is 0 Å². The summed E-state index contributed by atoms with van der Waals surface area (Å²) in [5.41, 5.74) is 2.19. The van der Waals surface area contributed by atoms with Crippen molar-refractivity contribution in [3.05, 3.63) is 35.9 Å². The molecule has 2 aromatic heterocycles. The molecule has 0 fully saturated rings. The monoisotopic (exact) mass is 178 g/mol. The van der Waals surface area contributed by atoms with E-state index in [0.29, 0.717) is 0 Å². The zero-order chi connectivity index (χ0) is 9.26. The number of aromatic nitrogens is 2. The van der Waals surface area contributed by atoms with Crippen LogP contribution in [0, 0.1) is 5.82 Å². The van der Waals surface area contributed by atoms with Crippen LogP contribution in [0.4, 0.5) is 4.39 Å². The van der Waals surface area contributed by atoms with Gasteiger partial charge in [-0.25, -0.2) is 8.91 Å². The molecular weight excluding hydrogens is 167 g/mol. The summed E-state index contributed by atoms with van der Waals surface area (Å²) < 4.78 is 14.4. The fourth-order valence-corrected chi connectivity index (χ4v) is 1.47. The first-order valence-electron chi connectivity index (χ1n) is 4.43. The lowest BCUT2D eigenvalue weighted by atomic mass is 10.2. The largest absolute Gasteiger partial charge is 0.238 e. The molecule has 2 nitrogen and oxygen atoms in total. The van der Waals surface area contributed by atoms with Crippen LogP contribution in [-0.4, -0.2) is 9.61 Å². The Morgan fingerprint density at radius 3 is 3.08 bits per heavy atom. The number of nitrogens with zero attached hydrogens (tertiary/aromatic N) is 2. The molecule has 0 N–H and O–H groups in total. The Hall–Kier alpha value is -1.38. The van der Waals surface area contributed by atoms with Crippen LogP contribution in [0.25, 0.3) is 5.52 Å². The van der Waals surface area contributed by atoms with Crippen LogP contribution in [0.5, 0.6) is 0 Å². The Morgan fingerprint density at radius 2 is 2.31 bits per heavy atom. The van der Waals surface area contributed by atoms with Crippen molar-refractivity contribution < 1.29 is 4.39 Å². The molecule has 0 bridgehead atoms. The molecule has 0 aliphatic carbocycles. The van der Waals surface area contributed by atoms with Crippen molar-refractivity contribution in [2.45, 2.75) is 19.8 Å². The third-order valence-corrected chi connectivity index (χ3v) is 2.08. The van der Waals surface area contributed by atoms with Gasteiger partial charge in [0.05, 0.1) is 17.9 Å². The van der Waals surface area contributed by atoms with Crippen molar-refractivity contribution in [2.24, 2.45) is 0 Å². The van der Waals surface area contributed by atoms with Crippen LogP contribution in [0.15, 0.2) is 24.5 Å². The zero-order valence-electron chi connectivity index (χ0n) is 7.50. The minimum Gasteiger partial charge on any atom is -0.238 e. The van der Waals surface area contributed by atoms with Gasteiger partial charge in [0.2, 0.25) is 0 Å². The van der Waals surface area contributed by atoms with Crippen LogP contribution >= 0.6 is 0 Å². The molecule has 0 unspecified atom stereocenters. The highest BCUT2D eigenvalue weighted by molar-refractivity contribution is 5.53. The molecule has 0 aliphatic rings. The summed E-state index contributed by atoms with van der Waals surface area (Å²) >= 11 is 0. The van der Waals surface area contributed by atoms with Gasteiger partial charge >= 0.3 is 0 Å². The van der Waals surface area contributed by atoms with Crippen molar-refractivity contribution in [2.75, 3.05) is 0 Å². The lowest BCUT2D eigenvalue weighted by molar-refractivity contribution is 0.615. The Kier molecular flexibility index (Phi) is 2.00. The SMILES string of the molecule is CCCc1cnn2cc(F)ccc12. The summed E-state index contributed by atoms with van der Waals surface area (Å²) in [6.07, 6.45) is 5.28. The van der Waals surface area contributed by atoms with Crippen molar-refractivity contribution in [3.63, 3.8) is 0 Å². The molecule has 0 spiro atoms. The van der Waals surface area contributed by atoms with E-state index in [1.807, 2.05) is 0 Å². The molecule has 68 valence electrons. The summed E-state index contributed by atoms with van der Waals surface area (Å²) in [6.45, 7) is 2.12. The van der Waals surface area contributed by atoms with Gasteiger partial charge in [-0.2, -0.15) is 5.10 Å². The lowest BCUT2D eigenvalue weighted by Crippen LogP contribution is -1.88. The second kappa shape index (κ2) is 3.17. The fraction of sp³-hybridized carbons (Fsp3) is 0.300. The van der Waals surface area contributed by atoms with E-state index in [4.69, 9.17) is 0 Å². The molecule has 0 saturated carbocycles. The van der Waals surface area contributed by atoms with Gasteiger partial charge in [-0.15, -0.1) is 0 Å². The predicted molar refractivity (Wildman–Crippen MR) is 49.1 cm³/mol. The summed E-state index contributed by atoms with van der Waals surface area (Å²) in [7, 11) is 0. The van der Waals surface area contributed by atoms with E-state index < -0.39 is 0 Å². The van der Waals surface area contributed by atoms with Crippen LogP contribution in [0.3, 0.4) is 0 Å². The van der Waals surface area contributed by atoms with E-state index in [2.05, 4.69) is 12.0 Å². The number of pyridine rings is 1. The van der Waals surface area contributed by atoms with Crippen molar-refractivity contribution in [1.82, 2.24) is 9.61 Å². The average Bonchev–Trinajstić information content (AvgIpc) is 2.49. The maximum atomic E-state index is 12.8. The van der Waals surface area contributed by atoms with Crippen LogP contribution in [0.1, 0.15) is 18.9 Å². The molecule has 0 radical (unpaired) electrons. The van der Waals surface area contributed by atoms with Gasteiger partial charge in [0.25, 0.3) is 0 Å². The third-order valence-electron chi connectivity index (χ3n) is 2.08. The van der Waals surface area contributed by atoms with Crippen molar-refractivity contribution in [3.8, 4) is 0 Å². The van der Waals surface area contributed by atoms with Gasteiger partial charge < -0.3 is 0 Å². The minimum atomic E-state index is -0.251. The Balaban J connectivity index is 2.55. The summed E-state index contributed by atoms with van der Waals surface area (Å²) in [5, 5.41) is 4.07. The van der Waals surface area contributed by atoms with E-state index in [1.54, 1.807) is 16.8 Å². The highest BCUT2D eigenvalue weighted by atomic mass is 19.1. The number of rotatable bonds is 2. The minimum absolute atomic E-state index is 0.251. The zero-order valence-corrected chi connectivity index (χ0v) is 7.50. The highest BCUT2D eigenvalue weighted by Crippen LogP contribution is 2.12. The number of aryl methyl sites for hydroxylation is 1. The molecular formula is C10H11FN2. The molecule has 0 saturated heterocycles. The molecule has 0 atom stereocenters. The first-order valence-corrected chi connectivity index (χ1v) is 4.43. The van der Waals surface area contributed by atoms with Gasteiger partial charge in [-0.3, -0.25) is 0 Å². The molecule has 3 heteroatoms. The van der Waals surface area contributed by atoms with Gasteiger partial charge in [-0.1, -0.05) is 13.3 Å². The number of halogens is 1. The lowest BCUT2D eigenvalue weighted by Gasteiger charge is -1.95. The normalized spacial score (nSPS) is 10.9. The number of hydrogen-bond acceptors (Lipinski definition) is 1. The first-order chi connectivity index (χ1) is 6.31. The standard InChI is InChI=1S/C10H11FN2/c1-2-3-8-6-12-13-7-9(11)4-5-10(8)13/h4-7H,2-3H2,1H3. The Bertz CT molecular complexity index is 420. The maximum absolute atomic E-state index is 12.8. The molecule has 2 heterocycles. The van der Waals surface area contributed by atoms with E-state index in [0.717, 1.165) is 18.4 Å². The average molecular weight is 178 g/mol. The molecule has 0 aliphatic heterocycles. The fourth-order valence-electron chi connectivity index (χ4n) is 1.47. The first kappa shape index (κ1) is 8.23. The number of hydrogen-bond donors (Lipinski definition) is 0. The van der Waals surface area contributed by atoms with Crippen molar-refractivity contribution in [1.29, 1.82) is 0 Å². The second-order valence-electron chi connectivity index (χ2n) is 3.10. The Morgan fingerprint density at radius 1 is 1.46 bits per heavy atom. The summed E-state index contributed by atoms with van der Waals surface area (Å²) in [5.74, 6) is -0.251. The summed E-state index contributed by atoms with van der Waals surface area (Å²) in [4.78, 5) is 0. The van der Waals surface area contributed by atoms with Crippen LogP contribution < -0.4 is 0 Å². The van der Waals surface area contributed by atoms with Gasteiger partial charge in [0, 0.05) is 0 Å². The van der Waals surface area contributed by atoms with E-state index in [-0.39, 0.29) is 5.82 Å². The Labute approximate surface area is 76.0 Å². The quantitative estimate of drug-likeness (QED) is 0.690. The molecule has 13 heavy (non-hydrogen) atoms. The molecule has 2 aromatic rings. The second-order valence-corrected chi connectivity index (χ2v) is 3.10. The topological polar surface area (TPSA) is 17.3 Å². The van der Waals surface area contributed by atoms with Gasteiger partial charge in [0.1, 0.15) is 5.82 Å². The van der Waals surface area contributed by atoms with E-state index in [1.165, 1.54) is 17.8 Å². The third kappa shape index (κ3) is 1.41. The molecule has 0 aromatic carbocycles. The maximum Gasteiger partial charge on any atom is 0.141 e. The molecule has 2 rings (SSSR count).